The zero-order chi connectivity index (χ0) is 22.8. The van der Waals surface area contributed by atoms with Crippen molar-refractivity contribution in [3.05, 3.63) is 42.1 Å². The summed E-state index contributed by atoms with van der Waals surface area (Å²) in [5, 5.41) is 10.3. The molecule has 3 N–H and O–H groups in total. The first-order chi connectivity index (χ1) is 16.1. The maximum atomic E-state index is 13.3. The van der Waals surface area contributed by atoms with Gasteiger partial charge >= 0.3 is 6.03 Å². The van der Waals surface area contributed by atoms with E-state index in [9.17, 15) is 4.79 Å². The van der Waals surface area contributed by atoms with E-state index in [0.29, 0.717) is 30.6 Å². The fourth-order valence-electron chi connectivity index (χ4n) is 5.16. The molecule has 8 nitrogen and oxygen atoms in total. The maximum absolute atomic E-state index is 13.3. The van der Waals surface area contributed by atoms with Crippen molar-refractivity contribution in [2.24, 2.45) is 4.99 Å². The second kappa shape index (κ2) is 8.92. The molecule has 2 fully saturated rings. The molecule has 1 aliphatic carbocycles. The zero-order valence-electron chi connectivity index (χ0n) is 19.4. The number of hydrogen-bond donors (Lipinski definition) is 3. The summed E-state index contributed by atoms with van der Waals surface area (Å²) >= 11 is 0. The normalized spacial score (nSPS) is 23.7. The molecule has 2 aliphatic heterocycles. The van der Waals surface area contributed by atoms with Gasteiger partial charge in [0.05, 0.1) is 31.1 Å². The first kappa shape index (κ1) is 21.6. The summed E-state index contributed by atoms with van der Waals surface area (Å²) in [6.45, 7) is 3.22. The van der Waals surface area contributed by atoms with Crippen molar-refractivity contribution in [1.29, 1.82) is 0 Å². The van der Waals surface area contributed by atoms with Crippen molar-refractivity contribution >= 4 is 29.1 Å². The van der Waals surface area contributed by atoms with Gasteiger partial charge in [-0.05, 0) is 62.4 Å². The van der Waals surface area contributed by atoms with Crippen LogP contribution in [-0.2, 0) is 0 Å². The van der Waals surface area contributed by atoms with E-state index in [1.807, 2.05) is 42.2 Å². The standard InChI is InChI=1S/C25H32N6O2/c1-17-10-11-21(33-2)20(15-17)28-24(32)31-14-6-12-25(16-31)23(27-18-7-3-4-8-18)29-22-19(30-25)9-5-13-26-22/h5,9-11,13,15,18,30H,3-4,6-8,12,14,16H2,1-2H3,(H,28,32)(H,26,27,29)/t25-/m0/s1. The lowest BCUT2D eigenvalue weighted by molar-refractivity contribution is 0.186. The smallest absolute Gasteiger partial charge is 0.322 e. The first-order valence-electron chi connectivity index (χ1n) is 11.9. The summed E-state index contributed by atoms with van der Waals surface area (Å²) in [4.78, 5) is 24.9. The Hall–Kier alpha value is -3.29. The summed E-state index contributed by atoms with van der Waals surface area (Å²) in [5.74, 6) is 2.36. The molecule has 1 spiro atoms. The van der Waals surface area contributed by atoms with Crippen molar-refractivity contribution in [2.45, 2.75) is 57.0 Å². The number of anilines is 3. The molecule has 5 rings (SSSR count). The molecule has 0 radical (unpaired) electrons. The molecule has 33 heavy (non-hydrogen) atoms. The average Bonchev–Trinajstić information content (AvgIpc) is 3.33. The molecule has 3 aliphatic rings. The Bertz CT molecular complexity index is 1060. The Balaban J connectivity index is 1.42. The number of ether oxygens (including phenoxy) is 1. The zero-order valence-corrected chi connectivity index (χ0v) is 19.4. The summed E-state index contributed by atoms with van der Waals surface area (Å²) in [6, 6.07) is 9.95. The van der Waals surface area contributed by atoms with Gasteiger partial charge in [-0.2, -0.15) is 0 Å². The van der Waals surface area contributed by atoms with Gasteiger partial charge in [0.2, 0.25) is 0 Å². The van der Waals surface area contributed by atoms with Crippen LogP contribution in [0.5, 0.6) is 5.75 Å². The number of carbonyl (C=O) groups is 1. The van der Waals surface area contributed by atoms with E-state index >= 15 is 0 Å². The summed E-state index contributed by atoms with van der Waals surface area (Å²) in [7, 11) is 1.62. The van der Waals surface area contributed by atoms with Crippen LogP contribution in [0.4, 0.5) is 22.0 Å². The molecule has 174 valence electrons. The van der Waals surface area contributed by atoms with Crippen LogP contribution in [0.1, 0.15) is 44.1 Å². The lowest BCUT2D eigenvalue weighted by Gasteiger charge is -2.47. The minimum absolute atomic E-state index is 0.128. The molecule has 2 aromatic rings. The average molecular weight is 449 g/mol. The molecule has 0 unspecified atom stereocenters. The van der Waals surface area contributed by atoms with Crippen LogP contribution < -0.4 is 20.7 Å². The molecule has 3 heterocycles. The number of amidine groups is 1. The van der Waals surface area contributed by atoms with E-state index in [1.165, 1.54) is 12.8 Å². The van der Waals surface area contributed by atoms with Gasteiger partial charge in [-0.3, -0.25) is 4.99 Å². The van der Waals surface area contributed by atoms with Gasteiger partial charge in [-0.25, -0.2) is 9.78 Å². The lowest BCUT2D eigenvalue weighted by atomic mass is 9.85. The predicted molar refractivity (Wildman–Crippen MR) is 131 cm³/mol. The predicted octanol–water partition coefficient (Wildman–Crippen LogP) is 4.64. The molecule has 1 saturated heterocycles. The largest absolute Gasteiger partial charge is 0.495 e. The number of methoxy groups -OCH3 is 1. The third kappa shape index (κ3) is 4.34. The van der Waals surface area contributed by atoms with E-state index in [1.54, 1.807) is 13.3 Å². The van der Waals surface area contributed by atoms with Crippen LogP contribution in [0.25, 0.3) is 0 Å². The second-order valence-electron chi connectivity index (χ2n) is 9.31. The van der Waals surface area contributed by atoms with Gasteiger partial charge in [0, 0.05) is 12.7 Å². The fraction of sp³-hybridized carbons (Fsp3) is 0.480. The number of amides is 2. The SMILES string of the molecule is COc1ccc(C)cc1NC(=O)N1CCC[C@@]2(C1)Nc1cccnc1NC2=NC1CCCC1. The van der Waals surface area contributed by atoms with E-state index < -0.39 is 5.54 Å². The number of fused-ring (bicyclic) bond motifs is 1. The van der Waals surface area contributed by atoms with Crippen molar-refractivity contribution in [3.63, 3.8) is 0 Å². The Morgan fingerprint density at radius 3 is 2.94 bits per heavy atom. The number of aryl methyl sites for hydroxylation is 1. The monoisotopic (exact) mass is 448 g/mol. The van der Waals surface area contributed by atoms with E-state index in [-0.39, 0.29) is 6.03 Å². The third-order valence-electron chi connectivity index (χ3n) is 6.88. The quantitative estimate of drug-likeness (QED) is 0.636. The Morgan fingerprint density at radius 1 is 1.27 bits per heavy atom. The van der Waals surface area contributed by atoms with E-state index in [2.05, 4.69) is 20.9 Å². The van der Waals surface area contributed by atoms with Crippen LogP contribution in [0.15, 0.2) is 41.5 Å². The minimum Gasteiger partial charge on any atom is -0.495 e. The first-order valence-corrected chi connectivity index (χ1v) is 11.9. The maximum Gasteiger partial charge on any atom is 0.322 e. The van der Waals surface area contributed by atoms with Crippen LogP contribution >= 0.6 is 0 Å². The van der Waals surface area contributed by atoms with E-state index in [4.69, 9.17) is 9.73 Å². The Morgan fingerprint density at radius 2 is 2.12 bits per heavy atom. The highest BCUT2D eigenvalue weighted by Gasteiger charge is 2.45. The molecule has 1 saturated carbocycles. The van der Waals surface area contributed by atoms with Crippen molar-refractivity contribution in [2.75, 3.05) is 36.1 Å². The van der Waals surface area contributed by atoms with Gasteiger partial charge in [0.25, 0.3) is 0 Å². The Kier molecular flexibility index (Phi) is 5.83. The van der Waals surface area contributed by atoms with Gasteiger partial charge in [0.1, 0.15) is 17.1 Å². The number of aromatic nitrogens is 1. The number of piperidine rings is 1. The lowest BCUT2D eigenvalue weighted by Crippen LogP contribution is -2.63. The van der Waals surface area contributed by atoms with E-state index in [0.717, 1.165) is 48.6 Å². The number of likely N-dealkylation sites (tertiary alicyclic amines) is 1. The second-order valence-corrected chi connectivity index (χ2v) is 9.31. The number of pyridine rings is 1. The number of carbonyl (C=O) groups excluding carboxylic acids is 1. The number of hydrogen-bond acceptors (Lipinski definition) is 5. The molecule has 1 atom stereocenters. The molecule has 8 heteroatoms. The number of nitrogens with zero attached hydrogens (tertiary/aromatic N) is 3. The molecular formula is C25H32N6O2. The highest BCUT2D eigenvalue weighted by Crippen LogP contribution is 2.36. The van der Waals surface area contributed by atoms with Gasteiger partial charge < -0.3 is 25.6 Å². The molecule has 2 amide bonds. The van der Waals surface area contributed by atoms with Gasteiger partial charge in [0.15, 0.2) is 5.82 Å². The molecule has 1 aromatic carbocycles. The minimum atomic E-state index is -0.453. The Labute approximate surface area is 194 Å². The molecular weight excluding hydrogens is 416 g/mol. The van der Waals surface area contributed by atoms with Crippen LogP contribution in [0.2, 0.25) is 0 Å². The van der Waals surface area contributed by atoms with Crippen LogP contribution in [0, 0.1) is 6.92 Å². The number of nitrogens with one attached hydrogen (secondary N) is 3. The topological polar surface area (TPSA) is 90.9 Å². The summed E-state index contributed by atoms with van der Waals surface area (Å²) in [6.07, 6.45) is 8.26. The molecule has 0 bridgehead atoms. The molecule has 1 aromatic heterocycles. The van der Waals surface area contributed by atoms with Crippen LogP contribution in [0.3, 0.4) is 0 Å². The summed E-state index contributed by atoms with van der Waals surface area (Å²) in [5.41, 5.74) is 2.25. The fourth-order valence-corrected chi connectivity index (χ4v) is 5.16. The van der Waals surface area contributed by atoms with Crippen molar-refractivity contribution in [3.8, 4) is 5.75 Å². The van der Waals surface area contributed by atoms with Crippen molar-refractivity contribution < 1.29 is 9.53 Å². The van der Waals surface area contributed by atoms with Crippen LogP contribution in [-0.4, -0.2) is 53.5 Å². The van der Waals surface area contributed by atoms with Gasteiger partial charge in [-0.1, -0.05) is 18.9 Å². The number of aliphatic imine (C=N–C) groups is 1. The summed E-state index contributed by atoms with van der Waals surface area (Å²) < 4.78 is 5.45. The van der Waals surface area contributed by atoms with Gasteiger partial charge in [-0.15, -0.1) is 0 Å². The third-order valence-corrected chi connectivity index (χ3v) is 6.88. The number of rotatable bonds is 3. The number of benzene rings is 1. The highest BCUT2D eigenvalue weighted by atomic mass is 16.5. The number of urea groups is 1. The highest BCUT2D eigenvalue weighted by molar-refractivity contribution is 6.09. The van der Waals surface area contributed by atoms with Crippen molar-refractivity contribution in [1.82, 2.24) is 9.88 Å².